The Morgan fingerprint density at radius 2 is 1.97 bits per heavy atom. The van der Waals surface area contributed by atoms with Gasteiger partial charge in [-0.3, -0.25) is 19.2 Å². The number of ether oxygens (including phenoxy) is 3. The average molecular weight is 607 g/mol. The number of ketones is 1. The molecule has 7 atom stereocenters. The molecule has 0 saturated carbocycles. The van der Waals surface area contributed by atoms with E-state index in [4.69, 9.17) is 14.2 Å². The minimum atomic E-state index is -0.553. The van der Waals surface area contributed by atoms with Crippen LogP contribution in [0.4, 0.5) is 0 Å². The molecule has 38 heavy (non-hydrogen) atoms. The lowest BCUT2D eigenvalue weighted by atomic mass is 9.52. The van der Waals surface area contributed by atoms with Gasteiger partial charge in [-0.15, -0.1) is 0 Å². The van der Waals surface area contributed by atoms with Crippen molar-refractivity contribution in [2.75, 3.05) is 25.9 Å². The smallest absolute Gasteiger partial charge is 0.308 e. The Labute approximate surface area is 236 Å². The van der Waals surface area contributed by atoms with Crippen LogP contribution in [0.2, 0.25) is 0 Å². The van der Waals surface area contributed by atoms with Gasteiger partial charge in [0.15, 0.2) is 34.6 Å². The maximum atomic E-state index is 13.3. The zero-order valence-electron chi connectivity index (χ0n) is 21.7. The standard InChI is InChI=1S/C28H32NO7S.BrH/c1-15(30)34-22-6-4-17-13-21-20-5-7-23(35-16(2)31)26-28(20,24(17)25(22)36-26)9-10-29(21,3)14-19(32)12-18-8-11-37-27(18)33;/h4-7,18,20-21,23,26H,8-14H2,1-3H3;1H/q+1;/p-1/t18?,20?,21-,23+,26+,28+,29?;/m1./s1. The van der Waals surface area contributed by atoms with E-state index in [1.165, 1.54) is 25.6 Å². The number of benzene rings is 1. The largest absolute Gasteiger partial charge is 1.00 e. The summed E-state index contributed by atoms with van der Waals surface area (Å²) in [5, 5.41) is 0.147. The van der Waals surface area contributed by atoms with Gasteiger partial charge in [0, 0.05) is 56.3 Å². The van der Waals surface area contributed by atoms with E-state index < -0.39 is 23.6 Å². The Kier molecular flexibility index (Phi) is 7.05. The van der Waals surface area contributed by atoms with E-state index in [0.29, 0.717) is 28.9 Å². The van der Waals surface area contributed by atoms with Crippen molar-refractivity contribution in [1.29, 1.82) is 0 Å². The molecule has 1 spiro atoms. The number of quaternary nitrogens is 1. The van der Waals surface area contributed by atoms with Gasteiger partial charge in [0.2, 0.25) is 0 Å². The molecule has 0 radical (unpaired) electrons. The number of Topliss-reactive ketones (excluding diaryl/α,β-unsaturated/α-hetero) is 1. The number of likely N-dealkylation sites (tertiary alicyclic amines) is 1. The second kappa shape index (κ2) is 9.78. The normalized spacial score (nSPS) is 35.6. The number of esters is 2. The molecule has 0 aromatic heterocycles. The van der Waals surface area contributed by atoms with Crippen LogP contribution in [0.15, 0.2) is 24.3 Å². The molecular weight excluding hydrogens is 574 g/mol. The topological polar surface area (TPSA) is 96.0 Å². The van der Waals surface area contributed by atoms with Crippen molar-refractivity contribution in [3.63, 3.8) is 0 Å². The van der Waals surface area contributed by atoms with Gasteiger partial charge >= 0.3 is 11.9 Å². The van der Waals surface area contributed by atoms with Crippen molar-refractivity contribution in [3.05, 3.63) is 35.4 Å². The Bertz CT molecular complexity index is 1250. The van der Waals surface area contributed by atoms with Crippen LogP contribution < -0.4 is 26.5 Å². The second-order valence-corrected chi connectivity index (χ2v) is 12.5. The molecule has 0 N–H and O–H groups in total. The molecule has 3 aliphatic heterocycles. The highest BCUT2D eigenvalue weighted by Crippen LogP contribution is 2.63. The molecule has 2 bridgehead atoms. The van der Waals surface area contributed by atoms with Crippen LogP contribution in [0.5, 0.6) is 11.5 Å². The fourth-order valence-corrected chi connectivity index (χ4v) is 8.70. The van der Waals surface area contributed by atoms with Crippen molar-refractivity contribution in [2.45, 2.75) is 63.2 Å². The molecule has 8 nitrogen and oxygen atoms in total. The molecule has 2 fully saturated rings. The molecule has 0 amide bonds. The molecule has 2 saturated heterocycles. The summed E-state index contributed by atoms with van der Waals surface area (Å²) >= 11 is 1.34. The third kappa shape index (κ3) is 4.14. The first-order valence-electron chi connectivity index (χ1n) is 13.0. The first kappa shape index (κ1) is 27.4. The maximum absolute atomic E-state index is 13.3. The SMILES string of the molecule is CC(=O)Oc1ccc2c3c1O[C@H]1[C@@H](OC(C)=O)C=CC4[C@@H](C2)[N+](C)(CC(=O)CC2CCSC2=O)CC[C@@]341.[Br-]. The van der Waals surface area contributed by atoms with Crippen LogP contribution in [-0.4, -0.2) is 71.5 Å². The summed E-state index contributed by atoms with van der Waals surface area (Å²) in [4.78, 5) is 49.2. The number of hydrogen-bond donors (Lipinski definition) is 0. The third-order valence-corrected chi connectivity index (χ3v) is 10.2. The third-order valence-electron chi connectivity index (χ3n) is 9.12. The summed E-state index contributed by atoms with van der Waals surface area (Å²) in [5.41, 5.74) is 1.76. The minimum Gasteiger partial charge on any atom is -1.00 e. The number of rotatable bonds is 6. The molecule has 204 valence electrons. The van der Waals surface area contributed by atoms with Gasteiger partial charge in [-0.2, -0.15) is 0 Å². The maximum Gasteiger partial charge on any atom is 0.308 e. The van der Waals surface area contributed by atoms with Gasteiger partial charge in [-0.25, -0.2) is 0 Å². The van der Waals surface area contributed by atoms with E-state index in [2.05, 4.69) is 13.1 Å². The van der Waals surface area contributed by atoms with Crippen molar-refractivity contribution in [1.82, 2.24) is 0 Å². The lowest BCUT2D eigenvalue weighted by Gasteiger charge is -2.59. The van der Waals surface area contributed by atoms with Crippen molar-refractivity contribution in [3.8, 4) is 11.5 Å². The first-order valence-corrected chi connectivity index (χ1v) is 14.0. The monoisotopic (exact) mass is 605 g/mol. The second-order valence-electron chi connectivity index (χ2n) is 11.4. The van der Waals surface area contributed by atoms with Crippen LogP contribution in [0.1, 0.15) is 44.2 Å². The lowest BCUT2D eigenvalue weighted by Crippen LogP contribution is -3.00. The summed E-state index contributed by atoms with van der Waals surface area (Å²) in [6.45, 7) is 3.92. The minimum absolute atomic E-state index is 0. The number of thioether (sulfide) groups is 1. The van der Waals surface area contributed by atoms with E-state index in [1.54, 1.807) is 6.07 Å². The molecule has 6 rings (SSSR count). The van der Waals surface area contributed by atoms with Gasteiger partial charge in [-0.05, 0) is 24.1 Å². The van der Waals surface area contributed by atoms with Gasteiger partial charge in [0.05, 0.1) is 19.0 Å². The van der Waals surface area contributed by atoms with E-state index in [-0.39, 0.29) is 51.7 Å². The predicted octanol–water partition coefficient (Wildman–Crippen LogP) is -0.254. The van der Waals surface area contributed by atoms with Crippen LogP contribution in [0, 0.1) is 11.8 Å². The number of carbonyl (C=O) groups excluding carboxylic acids is 4. The van der Waals surface area contributed by atoms with Crippen LogP contribution >= 0.6 is 11.8 Å². The highest BCUT2D eigenvalue weighted by atomic mass is 79.9. The molecule has 2 aliphatic carbocycles. The fraction of sp³-hybridized carbons (Fsp3) is 0.571. The fourth-order valence-electron chi connectivity index (χ4n) is 7.66. The van der Waals surface area contributed by atoms with Gasteiger partial charge in [0.1, 0.15) is 12.6 Å². The van der Waals surface area contributed by atoms with E-state index in [9.17, 15) is 19.2 Å². The van der Waals surface area contributed by atoms with Gasteiger partial charge in [0.25, 0.3) is 0 Å². The Balaban J connectivity index is 0.00000294. The van der Waals surface area contributed by atoms with Gasteiger partial charge < -0.3 is 35.7 Å². The molecule has 3 unspecified atom stereocenters. The van der Waals surface area contributed by atoms with E-state index in [0.717, 1.165) is 42.7 Å². The molecule has 3 heterocycles. The molecule has 1 aromatic carbocycles. The Morgan fingerprint density at radius 3 is 2.66 bits per heavy atom. The summed E-state index contributed by atoms with van der Waals surface area (Å²) in [7, 11) is 2.16. The van der Waals surface area contributed by atoms with E-state index >= 15 is 0 Å². The quantitative estimate of drug-likeness (QED) is 0.190. The highest BCUT2D eigenvalue weighted by Gasteiger charge is 2.68. The molecule has 5 aliphatic rings. The Morgan fingerprint density at radius 1 is 1.18 bits per heavy atom. The zero-order chi connectivity index (χ0) is 26.1. The number of likely N-dealkylation sites (N-methyl/N-ethyl adjacent to an activating group) is 1. The summed E-state index contributed by atoms with van der Waals surface area (Å²) < 4.78 is 18.4. The number of nitrogens with zero attached hydrogens (tertiary/aromatic N) is 1. The lowest BCUT2D eigenvalue weighted by molar-refractivity contribution is -0.936. The van der Waals surface area contributed by atoms with Gasteiger partial charge in [-0.1, -0.05) is 23.9 Å². The Hall–Kier alpha value is -2.17. The first-order chi connectivity index (χ1) is 17.6. The van der Waals surface area contributed by atoms with E-state index in [1.807, 2.05) is 12.1 Å². The van der Waals surface area contributed by atoms with Crippen LogP contribution in [0.25, 0.3) is 0 Å². The van der Waals surface area contributed by atoms with Crippen molar-refractivity contribution in [2.24, 2.45) is 11.8 Å². The molecule has 1 aromatic rings. The number of carbonyl (C=O) groups is 4. The number of halogens is 1. The average Bonchev–Trinajstić information content (AvgIpc) is 3.39. The predicted molar refractivity (Wildman–Crippen MR) is 135 cm³/mol. The zero-order valence-corrected chi connectivity index (χ0v) is 24.1. The number of hydrogen-bond acceptors (Lipinski definition) is 8. The summed E-state index contributed by atoms with van der Waals surface area (Å²) in [6.07, 6.45) is 5.71. The van der Waals surface area contributed by atoms with Crippen molar-refractivity contribution >= 4 is 34.6 Å². The highest BCUT2D eigenvalue weighted by molar-refractivity contribution is 8.14. The van der Waals surface area contributed by atoms with Crippen LogP contribution in [0.3, 0.4) is 0 Å². The molecular formula is C28H32BrNO7S. The number of piperidine rings is 1. The molecule has 10 heteroatoms. The van der Waals surface area contributed by atoms with Crippen LogP contribution in [-0.2, 0) is 35.8 Å². The summed E-state index contributed by atoms with van der Waals surface area (Å²) in [6, 6.07) is 3.93. The summed E-state index contributed by atoms with van der Waals surface area (Å²) in [5.74, 6) is 1.05. The van der Waals surface area contributed by atoms with Crippen molar-refractivity contribution < 1.29 is 54.9 Å².